The van der Waals surface area contributed by atoms with Crippen molar-refractivity contribution in [2.24, 2.45) is 5.73 Å². The van der Waals surface area contributed by atoms with Crippen LogP contribution in [-0.4, -0.2) is 30.5 Å². The molecule has 3 rings (SSSR count). The van der Waals surface area contributed by atoms with Crippen LogP contribution in [0.2, 0.25) is 0 Å². The zero-order chi connectivity index (χ0) is 22.2. The number of carbonyl (C=O) groups is 2. The van der Waals surface area contributed by atoms with Crippen molar-refractivity contribution in [1.29, 1.82) is 0 Å². The number of anilines is 2. The molecular weight excluding hydrogens is 392 g/mol. The molecule has 1 atom stereocenters. The van der Waals surface area contributed by atoms with Crippen molar-refractivity contribution in [1.82, 2.24) is 4.98 Å². The molecule has 7 nitrogen and oxygen atoms in total. The first-order valence-corrected chi connectivity index (χ1v) is 10.0. The van der Waals surface area contributed by atoms with Crippen molar-refractivity contribution < 1.29 is 14.3 Å². The molecule has 0 radical (unpaired) electrons. The maximum atomic E-state index is 12.8. The number of hydrogen-bond donors (Lipinski definition) is 2. The molecule has 0 fully saturated rings. The summed E-state index contributed by atoms with van der Waals surface area (Å²) in [6, 6.07) is 17.3. The van der Waals surface area contributed by atoms with Crippen molar-refractivity contribution in [2.45, 2.75) is 19.4 Å². The molecule has 2 amide bonds. The van der Waals surface area contributed by atoms with Crippen molar-refractivity contribution in [3.63, 3.8) is 0 Å². The molecule has 0 aliphatic carbocycles. The molecule has 0 aliphatic rings. The van der Waals surface area contributed by atoms with Gasteiger partial charge < -0.3 is 20.7 Å². The second-order valence-electron chi connectivity index (χ2n) is 6.96. The van der Waals surface area contributed by atoms with Crippen molar-refractivity contribution in [3.05, 3.63) is 84.2 Å². The monoisotopic (exact) mass is 418 g/mol. The van der Waals surface area contributed by atoms with E-state index in [9.17, 15) is 9.59 Å². The van der Waals surface area contributed by atoms with E-state index in [0.29, 0.717) is 17.8 Å². The first-order chi connectivity index (χ1) is 15.0. The minimum absolute atomic E-state index is 0.0697. The van der Waals surface area contributed by atoms with Crippen LogP contribution in [0.5, 0.6) is 5.75 Å². The number of methoxy groups -OCH3 is 1. The SMILES string of the molecule is CCN(C(=O)CC(N)c1ccc(C(=O)Nc2ccncc2)cc1)c1ccc(OC)cc1. The van der Waals surface area contributed by atoms with Crippen LogP contribution in [0.25, 0.3) is 0 Å². The van der Waals surface area contributed by atoms with Crippen LogP contribution in [0.3, 0.4) is 0 Å². The van der Waals surface area contributed by atoms with E-state index in [1.54, 1.807) is 60.8 Å². The summed E-state index contributed by atoms with van der Waals surface area (Å²) in [5.74, 6) is 0.441. The molecule has 0 saturated carbocycles. The van der Waals surface area contributed by atoms with E-state index in [1.165, 1.54) is 0 Å². The fourth-order valence-corrected chi connectivity index (χ4v) is 3.20. The van der Waals surface area contributed by atoms with Gasteiger partial charge in [-0.15, -0.1) is 0 Å². The Morgan fingerprint density at radius 1 is 1.03 bits per heavy atom. The second kappa shape index (κ2) is 10.4. The summed E-state index contributed by atoms with van der Waals surface area (Å²) < 4.78 is 5.17. The minimum atomic E-state index is -0.475. The summed E-state index contributed by atoms with van der Waals surface area (Å²) in [5.41, 5.74) is 9.05. The highest BCUT2D eigenvalue weighted by molar-refractivity contribution is 6.04. The first-order valence-electron chi connectivity index (χ1n) is 10.0. The van der Waals surface area contributed by atoms with E-state index in [2.05, 4.69) is 10.3 Å². The number of hydrogen-bond acceptors (Lipinski definition) is 5. The lowest BCUT2D eigenvalue weighted by atomic mass is 10.0. The highest BCUT2D eigenvalue weighted by atomic mass is 16.5. The molecule has 1 heterocycles. The van der Waals surface area contributed by atoms with Gasteiger partial charge in [0.15, 0.2) is 0 Å². The highest BCUT2D eigenvalue weighted by Crippen LogP contribution is 2.22. The largest absolute Gasteiger partial charge is 0.497 e. The minimum Gasteiger partial charge on any atom is -0.497 e. The first kappa shape index (κ1) is 22.0. The average Bonchev–Trinajstić information content (AvgIpc) is 2.80. The molecule has 31 heavy (non-hydrogen) atoms. The van der Waals surface area contributed by atoms with E-state index < -0.39 is 6.04 Å². The normalized spacial score (nSPS) is 11.5. The van der Waals surface area contributed by atoms with E-state index in [0.717, 1.165) is 17.0 Å². The quantitative estimate of drug-likeness (QED) is 0.580. The van der Waals surface area contributed by atoms with Gasteiger partial charge in [0.2, 0.25) is 5.91 Å². The number of pyridine rings is 1. The van der Waals surface area contributed by atoms with Gasteiger partial charge in [0.25, 0.3) is 5.91 Å². The van der Waals surface area contributed by atoms with E-state index >= 15 is 0 Å². The van der Waals surface area contributed by atoms with Gasteiger partial charge in [0.1, 0.15) is 5.75 Å². The lowest BCUT2D eigenvalue weighted by molar-refractivity contribution is -0.118. The summed E-state index contributed by atoms with van der Waals surface area (Å²) in [7, 11) is 1.60. The number of nitrogens with one attached hydrogen (secondary N) is 1. The smallest absolute Gasteiger partial charge is 0.255 e. The maximum absolute atomic E-state index is 12.8. The third kappa shape index (κ3) is 5.67. The molecule has 7 heteroatoms. The van der Waals surface area contributed by atoms with Gasteiger partial charge in [0, 0.05) is 48.3 Å². The van der Waals surface area contributed by atoms with Crippen LogP contribution in [0.1, 0.15) is 35.3 Å². The van der Waals surface area contributed by atoms with Gasteiger partial charge >= 0.3 is 0 Å². The molecule has 2 aromatic carbocycles. The van der Waals surface area contributed by atoms with Gasteiger partial charge in [0.05, 0.1) is 7.11 Å². The Bertz CT molecular complexity index is 1010. The van der Waals surface area contributed by atoms with Crippen LogP contribution in [0, 0.1) is 0 Å². The molecule has 0 saturated heterocycles. The maximum Gasteiger partial charge on any atom is 0.255 e. The molecule has 1 aromatic heterocycles. The summed E-state index contributed by atoms with van der Waals surface area (Å²) >= 11 is 0. The lowest BCUT2D eigenvalue weighted by Crippen LogP contribution is -2.33. The Balaban J connectivity index is 1.63. The zero-order valence-electron chi connectivity index (χ0n) is 17.6. The van der Waals surface area contributed by atoms with Crippen molar-refractivity contribution in [2.75, 3.05) is 23.9 Å². The Labute approximate surface area is 181 Å². The van der Waals surface area contributed by atoms with Crippen LogP contribution in [-0.2, 0) is 4.79 Å². The fourth-order valence-electron chi connectivity index (χ4n) is 3.20. The molecule has 0 spiro atoms. The van der Waals surface area contributed by atoms with Gasteiger partial charge in [-0.05, 0) is 61.0 Å². The average molecular weight is 418 g/mol. The van der Waals surface area contributed by atoms with E-state index in [4.69, 9.17) is 10.5 Å². The van der Waals surface area contributed by atoms with Crippen molar-refractivity contribution >= 4 is 23.2 Å². The third-order valence-corrected chi connectivity index (χ3v) is 4.94. The fraction of sp³-hybridized carbons (Fsp3) is 0.208. The Hall–Kier alpha value is -3.71. The zero-order valence-corrected chi connectivity index (χ0v) is 17.6. The predicted octanol–water partition coefficient (Wildman–Crippen LogP) is 3.79. The summed E-state index contributed by atoms with van der Waals surface area (Å²) in [6.07, 6.45) is 3.38. The molecular formula is C24H26N4O3. The van der Waals surface area contributed by atoms with E-state index in [1.807, 2.05) is 31.2 Å². The molecule has 160 valence electrons. The number of ether oxygens (including phenoxy) is 1. The lowest BCUT2D eigenvalue weighted by Gasteiger charge is -2.23. The number of nitrogens with zero attached hydrogens (tertiary/aromatic N) is 2. The van der Waals surface area contributed by atoms with Gasteiger partial charge in [-0.1, -0.05) is 12.1 Å². The number of amides is 2. The van der Waals surface area contributed by atoms with Crippen LogP contribution in [0.15, 0.2) is 73.1 Å². The van der Waals surface area contributed by atoms with Gasteiger partial charge in [-0.3, -0.25) is 14.6 Å². The van der Waals surface area contributed by atoms with E-state index in [-0.39, 0.29) is 18.2 Å². The number of rotatable bonds is 8. The molecule has 3 aromatic rings. The molecule has 1 unspecified atom stereocenters. The topological polar surface area (TPSA) is 97.5 Å². The van der Waals surface area contributed by atoms with Crippen LogP contribution < -0.4 is 20.7 Å². The second-order valence-corrected chi connectivity index (χ2v) is 6.96. The number of nitrogens with two attached hydrogens (primary N) is 1. The summed E-state index contributed by atoms with van der Waals surface area (Å²) in [6.45, 7) is 2.45. The van der Waals surface area contributed by atoms with Gasteiger partial charge in [-0.25, -0.2) is 0 Å². The molecule has 3 N–H and O–H groups in total. The molecule has 0 bridgehead atoms. The van der Waals surface area contributed by atoms with Crippen LogP contribution in [0.4, 0.5) is 11.4 Å². The Morgan fingerprint density at radius 2 is 1.68 bits per heavy atom. The third-order valence-electron chi connectivity index (χ3n) is 4.94. The number of aromatic nitrogens is 1. The number of benzene rings is 2. The summed E-state index contributed by atoms with van der Waals surface area (Å²) in [4.78, 5) is 30.8. The van der Waals surface area contributed by atoms with Gasteiger partial charge in [-0.2, -0.15) is 0 Å². The Kier molecular flexibility index (Phi) is 7.35. The Morgan fingerprint density at radius 3 is 2.26 bits per heavy atom. The van der Waals surface area contributed by atoms with Crippen LogP contribution >= 0.6 is 0 Å². The highest BCUT2D eigenvalue weighted by Gasteiger charge is 2.19. The standard InChI is InChI=1S/C24H26N4O3/c1-3-28(20-8-10-21(31-2)11-9-20)23(29)16-22(25)17-4-6-18(7-5-17)24(30)27-19-12-14-26-15-13-19/h4-15,22H,3,16,25H2,1-2H3,(H,26,27,30). The predicted molar refractivity (Wildman–Crippen MR) is 121 cm³/mol. The summed E-state index contributed by atoms with van der Waals surface area (Å²) in [5, 5.41) is 2.81. The number of carbonyl (C=O) groups excluding carboxylic acids is 2. The molecule has 0 aliphatic heterocycles. The van der Waals surface area contributed by atoms with Crippen molar-refractivity contribution in [3.8, 4) is 5.75 Å².